The van der Waals surface area contributed by atoms with Crippen molar-refractivity contribution in [1.82, 2.24) is 10.5 Å². The average Bonchev–Trinajstić information content (AvgIpc) is 2.68. The Balaban J connectivity index is 1.95. The van der Waals surface area contributed by atoms with Gasteiger partial charge in [0.1, 0.15) is 0 Å². The van der Waals surface area contributed by atoms with Crippen LogP contribution in [0.4, 0.5) is 0 Å². The van der Waals surface area contributed by atoms with Crippen LogP contribution in [0.2, 0.25) is 0 Å². The van der Waals surface area contributed by atoms with E-state index >= 15 is 0 Å². The Morgan fingerprint density at radius 1 is 1.13 bits per heavy atom. The molecule has 0 amide bonds. The largest absolute Gasteiger partial charge is 0.494 e. The van der Waals surface area contributed by atoms with Gasteiger partial charge in [-0.1, -0.05) is 30.3 Å². The van der Waals surface area contributed by atoms with Crippen LogP contribution in [0.15, 0.2) is 36.5 Å². The molecule has 23 heavy (non-hydrogen) atoms. The van der Waals surface area contributed by atoms with Crippen LogP contribution >= 0.6 is 0 Å². The predicted molar refractivity (Wildman–Crippen MR) is 92.7 cm³/mol. The molecule has 1 aromatic carbocycles. The zero-order valence-corrected chi connectivity index (χ0v) is 14.9. The van der Waals surface area contributed by atoms with Gasteiger partial charge in [-0.2, -0.15) is 10.0 Å². The van der Waals surface area contributed by atoms with Crippen molar-refractivity contribution in [3.05, 3.63) is 42.1 Å². The fourth-order valence-electron chi connectivity index (χ4n) is 2.24. The monoisotopic (exact) mass is 318 g/mol. The minimum absolute atomic E-state index is 0.317. The Bertz CT molecular complexity index is 527. The summed E-state index contributed by atoms with van der Waals surface area (Å²) in [5.74, 6) is 0. The van der Waals surface area contributed by atoms with Gasteiger partial charge in [-0.3, -0.25) is 5.48 Å². The van der Waals surface area contributed by atoms with Crippen molar-refractivity contribution in [1.29, 1.82) is 0 Å². The molecule has 0 atom stereocenters. The predicted octanol–water partition coefficient (Wildman–Crippen LogP) is 2.39. The third-order valence-corrected chi connectivity index (χ3v) is 4.35. The maximum Gasteiger partial charge on any atom is 0.494 e. The number of benzene rings is 1. The minimum Gasteiger partial charge on any atom is -0.399 e. The highest BCUT2D eigenvalue weighted by Crippen LogP contribution is 2.36. The van der Waals surface area contributed by atoms with Gasteiger partial charge in [-0.05, 0) is 45.6 Å². The van der Waals surface area contributed by atoms with Crippen LogP contribution in [0.3, 0.4) is 0 Å². The van der Waals surface area contributed by atoms with Crippen molar-refractivity contribution in [2.24, 2.45) is 0 Å². The van der Waals surface area contributed by atoms with E-state index in [4.69, 9.17) is 14.2 Å². The van der Waals surface area contributed by atoms with E-state index in [2.05, 4.69) is 45.3 Å². The SMILES string of the molecule is C/C=C/NON(C)Cc1ccc(B2OC(C)(C)C(C)(C)O2)cc1. The highest BCUT2D eigenvalue weighted by atomic mass is 16.8. The molecule has 0 saturated carbocycles. The Morgan fingerprint density at radius 3 is 2.22 bits per heavy atom. The maximum absolute atomic E-state index is 6.06. The molecule has 0 spiro atoms. The number of hydrogen-bond donors (Lipinski definition) is 1. The van der Waals surface area contributed by atoms with E-state index in [9.17, 15) is 0 Å². The lowest BCUT2D eigenvalue weighted by atomic mass is 9.79. The first kappa shape index (κ1) is 18.0. The van der Waals surface area contributed by atoms with Crippen molar-refractivity contribution < 1.29 is 14.2 Å². The smallest absolute Gasteiger partial charge is 0.399 e. The maximum atomic E-state index is 6.06. The van der Waals surface area contributed by atoms with Gasteiger partial charge in [0.05, 0.1) is 17.7 Å². The zero-order valence-electron chi connectivity index (χ0n) is 14.9. The van der Waals surface area contributed by atoms with Gasteiger partial charge in [0, 0.05) is 13.2 Å². The molecular formula is C17H27BN2O3. The van der Waals surface area contributed by atoms with E-state index in [1.54, 1.807) is 11.3 Å². The lowest BCUT2D eigenvalue weighted by molar-refractivity contribution is -0.186. The van der Waals surface area contributed by atoms with Gasteiger partial charge < -0.3 is 9.31 Å². The molecule has 5 nitrogen and oxygen atoms in total. The van der Waals surface area contributed by atoms with Crippen molar-refractivity contribution in [3.8, 4) is 0 Å². The van der Waals surface area contributed by atoms with Crippen LogP contribution in [0, 0.1) is 0 Å². The van der Waals surface area contributed by atoms with Crippen molar-refractivity contribution in [2.45, 2.75) is 52.4 Å². The standard InChI is InChI=1S/C17H27BN2O3/c1-7-12-19-23-20(6)13-14-8-10-15(11-9-14)18-21-16(2,3)17(4,5)22-18/h7-12,19H,13H2,1-6H3/b12-7+. The molecule has 0 unspecified atom stereocenters. The molecule has 0 radical (unpaired) electrons. The second kappa shape index (κ2) is 7.05. The summed E-state index contributed by atoms with van der Waals surface area (Å²) >= 11 is 0. The van der Waals surface area contributed by atoms with Crippen molar-refractivity contribution in [3.63, 3.8) is 0 Å². The van der Waals surface area contributed by atoms with E-state index in [1.165, 1.54) is 0 Å². The highest BCUT2D eigenvalue weighted by Gasteiger charge is 2.51. The minimum atomic E-state index is -0.320. The van der Waals surface area contributed by atoms with Crippen LogP contribution in [0.25, 0.3) is 0 Å². The van der Waals surface area contributed by atoms with E-state index in [-0.39, 0.29) is 18.3 Å². The Labute approximate surface area is 139 Å². The van der Waals surface area contributed by atoms with E-state index in [0.29, 0.717) is 6.54 Å². The summed E-state index contributed by atoms with van der Waals surface area (Å²) in [4.78, 5) is 5.32. The lowest BCUT2D eigenvalue weighted by Gasteiger charge is -2.32. The molecule has 126 valence electrons. The number of hydroxylamine groups is 3. The van der Waals surface area contributed by atoms with Crippen LogP contribution < -0.4 is 10.9 Å². The average molecular weight is 318 g/mol. The Hall–Kier alpha value is -1.34. The van der Waals surface area contributed by atoms with Crippen LogP contribution in [0.1, 0.15) is 40.2 Å². The molecule has 1 heterocycles. The summed E-state index contributed by atoms with van der Waals surface area (Å²) in [6, 6.07) is 8.22. The number of hydrogen-bond acceptors (Lipinski definition) is 5. The van der Waals surface area contributed by atoms with E-state index in [0.717, 1.165) is 11.0 Å². The number of nitrogens with zero attached hydrogens (tertiary/aromatic N) is 1. The molecule has 1 saturated heterocycles. The Morgan fingerprint density at radius 2 is 1.70 bits per heavy atom. The molecule has 1 aromatic rings. The van der Waals surface area contributed by atoms with Gasteiger partial charge in [-0.15, -0.1) is 0 Å². The van der Waals surface area contributed by atoms with Gasteiger partial charge in [0.15, 0.2) is 0 Å². The van der Waals surface area contributed by atoms with Crippen LogP contribution in [-0.4, -0.2) is 30.4 Å². The third kappa shape index (κ3) is 4.35. The van der Waals surface area contributed by atoms with Crippen molar-refractivity contribution >= 4 is 12.6 Å². The van der Waals surface area contributed by atoms with Crippen LogP contribution in [-0.2, 0) is 20.8 Å². The third-order valence-electron chi connectivity index (χ3n) is 4.35. The van der Waals surface area contributed by atoms with Crippen LogP contribution in [0.5, 0.6) is 0 Å². The molecule has 1 aliphatic rings. The van der Waals surface area contributed by atoms with Crippen molar-refractivity contribution in [2.75, 3.05) is 7.05 Å². The number of nitrogens with one attached hydrogen (secondary N) is 1. The normalized spacial score (nSPS) is 19.7. The first-order valence-electron chi connectivity index (χ1n) is 7.94. The first-order valence-corrected chi connectivity index (χ1v) is 7.94. The number of allylic oxidation sites excluding steroid dienone is 1. The highest BCUT2D eigenvalue weighted by molar-refractivity contribution is 6.62. The fourth-order valence-corrected chi connectivity index (χ4v) is 2.24. The molecule has 1 aliphatic heterocycles. The lowest BCUT2D eigenvalue weighted by Crippen LogP contribution is -2.41. The fraction of sp³-hybridized carbons (Fsp3) is 0.529. The van der Waals surface area contributed by atoms with Gasteiger partial charge in [0.25, 0.3) is 0 Å². The molecule has 2 rings (SSSR count). The second-order valence-corrected chi connectivity index (χ2v) is 6.82. The summed E-state index contributed by atoms with van der Waals surface area (Å²) in [5.41, 5.74) is 4.28. The molecule has 0 bridgehead atoms. The summed E-state index contributed by atoms with van der Waals surface area (Å²) in [6.07, 6.45) is 3.60. The molecular weight excluding hydrogens is 291 g/mol. The second-order valence-electron chi connectivity index (χ2n) is 6.82. The Kier molecular flexibility index (Phi) is 5.52. The summed E-state index contributed by atoms with van der Waals surface area (Å²) < 4.78 is 12.1. The molecule has 0 aliphatic carbocycles. The molecule has 1 fully saturated rings. The van der Waals surface area contributed by atoms with Gasteiger partial charge in [0.2, 0.25) is 0 Å². The number of rotatable bonds is 6. The summed E-state index contributed by atoms with van der Waals surface area (Å²) in [5, 5.41) is 1.73. The zero-order chi connectivity index (χ0) is 17.1. The van der Waals surface area contributed by atoms with E-state index in [1.807, 2.05) is 32.2 Å². The van der Waals surface area contributed by atoms with Gasteiger partial charge in [-0.25, -0.2) is 0 Å². The summed E-state index contributed by atoms with van der Waals surface area (Å²) in [7, 11) is 1.55. The summed E-state index contributed by atoms with van der Waals surface area (Å²) in [6.45, 7) is 10.8. The quantitative estimate of drug-likeness (QED) is 0.644. The van der Waals surface area contributed by atoms with Gasteiger partial charge >= 0.3 is 7.12 Å². The molecule has 6 heteroatoms. The first-order chi connectivity index (χ1) is 10.7. The van der Waals surface area contributed by atoms with E-state index < -0.39 is 0 Å². The molecule has 0 aromatic heterocycles. The topological polar surface area (TPSA) is 43.0 Å². The molecule has 1 N–H and O–H groups in total.